The Morgan fingerprint density at radius 3 is 1.22 bits per heavy atom. The van der Waals surface area contributed by atoms with E-state index in [1.54, 1.807) is 0 Å². The summed E-state index contributed by atoms with van der Waals surface area (Å²) in [5.41, 5.74) is -2.97. The topological polar surface area (TPSA) is 175 Å². The van der Waals surface area contributed by atoms with Crippen molar-refractivity contribution < 1.29 is 102 Å². The first-order chi connectivity index (χ1) is 7.78. The van der Waals surface area contributed by atoms with Crippen molar-refractivity contribution in [1.29, 1.82) is 0 Å². The predicted molar refractivity (Wildman–Crippen MR) is 30.6 cm³/mol. The molecule has 0 atom stereocenters. The molecule has 0 aromatic rings. The summed E-state index contributed by atoms with van der Waals surface area (Å²) < 4.78 is 16.7. The van der Waals surface area contributed by atoms with Crippen LogP contribution in [0.4, 0.5) is 0 Å². The van der Waals surface area contributed by atoms with Gasteiger partial charge in [0.15, 0.2) is 0 Å². The van der Waals surface area contributed by atoms with Crippen LogP contribution in [0.3, 0.4) is 0 Å². The molecule has 0 heterocycles. The van der Waals surface area contributed by atoms with Crippen LogP contribution in [0.5, 0.6) is 0 Å². The third-order valence-electron chi connectivity index (χ3n) is 1.25. The average Bonchev–Trinajstić information content (AvgIpc) is 2.21. The van der Waals surface area contributed by atoms with E-state index in [0.29, 0.717) is 49.4 Å². The summed E-state index contributed by atoms with van der Waals surface area (Å²) in [6, 6.07) is 0. The summed E-state index contributed by atoms with van der Waals surface area (Å²) in [6.45, 7) is 0. The molecule has 0 rings (SSSR count). The molecule has 0 amide bonds. The van der Waals surface area contributed by atoms with E-state index in [1.165, 1.54) is 0 Å². The van der Waals surface area contributed by atoms with Gasteiger partial charge in [0.25, 0.3) is 0 Å². The zero-order valence-corrected chi connectivity index (χ0v) is 14.2. The van der Waals surface area contributed by atoms with Crippen molar-refractivity contribution in [1.82, 2.24) is 0 Å². The summed E-state index contributed by atoms with van der Waals surface area (Å²) in [6.07, 6.45) is -2.72. The molecule has 1 N–H and O–H groups in total. The standard InChI is InChI=1S/C6H8O7.ClH.2O.2Zr/c7-3(8)1-6(13,5(11)12)2-4(9)10;;;;;/h13H,1-2H2,(H,7,8)(H,9,10)(H,11,12);1H;;;;/q;;;;2*+2/p-4. The molecule has 0 bridgehead atoms. The van der Waals surface area contributed by atoms with Crippen LogP contribution in [0.1, 0.15) is 12.8 Å². The van der Waals surface area contributed by atoms with Crippen molar-refractivity contribution in [3.8, 4) is 0 Å². The van der Waals surface area contributed by atoms with E-state index >= 15 is 0 Å². The quantitative estimate of drug-likeness (QED) is 0.436. The van der Waals surface area contributed by atoms with Crippen LogP contribution >= 0.6 is 0 Å². The number of halogens is 1. The average molecular weight is 439 g/mol. The van der Waals surface area contributed by atoms with Crippen LogP contribution < -0.4 is 27.7 Å². The molecule has 0 spiro atoms. The van der Waals surface area contributed by atoms with E-state index in [4.69, 9.17) is 10.7 Å². The third kappa shape index (κ3) is 14.1. The number of carbonyl (C=O) groups is 3. The van der Waals surface area contributed by atoms with Gasteiger partial charge in [0.1, 0.15) is 5.60 Å². The Kier molecular flexibility index (Phi) is 22.3. The molecule has 0 aliphatic heterocycles. The zero-order chi connectivity index (χ0) is 14.6. The monoisotopic (exact) mass is 436 g/mol. The second-order valence-electron chi connectivity index (χ2n) is 2.42. The number of hydrogen-bond donors (Lipinski definition) is 1. The second kappa shape index (κ2) is 15.1. The molecule has 0 aromatic carbocycles. The van der Waals surface area contributed by atoms with Gasteiger partial charge in [0, 0.05) is 24.8 Å². The van der Waals surface area contributed by atoms with Crippen LogP contribution in [0.25, 0.3) is 0 Å². The molecule has 9 nitrogen and oxygen atoms in total. The number of rotatable bonds is 5. The molecule has 0 saturated heterocycles. The van der Waals surface area contributed by atoms with Gasteiger partial charge in [-0.25, -0.2) is 0 Å². The molecular weight excluding hydrogens is 434 g/mol. The van der Waals surface area contributed by atoms with Crippen molar-refractivity contribution in [3.05, 3.63) is 0 Å². The van der Waals surface area contributed by atoms with Crippen LogP contribution in [0, 0.1) is 0 Å². The molecule has 0 aliphatic rings. The number of aliphatic carboxylic acids is 3. The van der Waals surface area contributed by atoms with Gasteiger partial charge < -0.3 is 47.2 Å². The van der Waals surface area contributed by atoms with Gasteiger partial charge in [-0.15, -0.1) is 0 Å². The molecule has 0 aromatic heterocycles. The first-order valence-electron chi connectivity index (χ1n) is 3.52. The fourth-order valence-electron chi connectivity index (χ4n) is 0.684. The van der Waals surface area contributed by atoms with Gasteiger partial charge in [-0.3, -0.25) is 0 Å². The van der Waals surface area contributed by atoms with E-state index in [0.717, 1.165) is 0 Å². The Bertz CT molecular complexity index is 266. The maximum absolute atomic E-state index is 10.1. The SMILES string of the molecule is O=C([O-])CC(O)(CC(=O)[O-])C(=O)[O-].[Cl-].[O]=[Zr+2].[O]=[Zr+2]. The fraction of sp³-hybridized carbons (Fsp3) is 0.500. The van der Waals surface area contributed by atoms with E-state index in [9.17, 15) is 29.7 Å². The second-order valence-corrected chi connectivity index (χ2v) is 2.42. The normalized spacial score (nSPS) is 8.50. The molecule has 98 valence electrons. The zero-order valence-electron chi connectivity index (χ0n) is 8.51. The maximum atomic E-state index is 10.1. The Balaban J connectivity index is -0.000000177. The van der Waals surface area contributed by atoms with Crippen molar-refractivity contribution in [3.63, 3.8) is 0 Å². The summed E-state index contributed by atoms with van der Waals surface area (Å²) in [5.74, 6) is -5.98. The van der Waals surface area contributed by atoms with Crippen LogP contribution in [0.2, 0.25) is 0 Å². The minimum absolute atomic E-state index is 0. The number of carboxylic acid groups (broad SMARTS) is 3. The van der Waals surface area contributed by atoms with E-state index in [-0.39, 0.29) is 12.4 Å². The van der Waals surface area contributed by atoms with Gasteiger partial charge in [-0.05, 0) is 0 Å². The van der Waals surface area contributed by atoms with Gasteiger partial charge in [-0.1, -0.05) is 0 Å². The first-order valence-corrected chi connectivity index (χ1v) is 5.53. The summed E-state index contributed by atoms with van der Waals surface area (Å²) in [7, 11) is 0. The minimum atomic E-state index is -2.97. The van der Waals surface area contributed by atoms with Gasteiger partial charge >= 0.3 is 55.1 Å². The fourth-order valence-corrected chi connectivity index (χ4v) is 0.684. The first kappa shape index (κ1) is 26.6. The number of carboxylic acids is 3. The van der Waals surface area contributed by atoms with Crippen LogP contribution in [0.15, 0.2) is 0 Å². The van der Waals surface area contributed by atoms with Crippen molar-refractivity contribution >= 4 is 17.9 Å². The molecule has 12 heteroatoms. The molecule has 0 saturated carbocycles. The molecule has 18 heavy (non-hydrogen) atoms. The van der Waals surface area contributed by atoms with Crippen LogP contribution in [-0.4, -0.2) is 28.6 Å². The summed E-state index contributed by atoms with van der Waals surface area (Å²) >= 11 is 0.600. The Morgan fingerprint density at radius 1 is 0.889 bits per heavy atom. The van der Waals surface area contributed by atoms with E-state index in [1.807, 2.05) is 0 Å². The Morgan fingerprint density at radius 2 is 1.11 bits per heavy atom. The van der Waals surface area contributed by atoms with Gasteiger partial charge in [0.2, 0.25) is 0 Å². The molecular formula is C6H5ClO9Zr2. The van der Waals surface area contributed by atoms with E-state index < -0.39 is 36.4 Å². The summed E-state index contributed by atoms with van der Waals surface area (Å²) in [5, 5.41) is 38.9. The van der Waals surface area contributed by atoms with Gasteiger partial charge in [0.05, 0.1) is 5.97 Å². The van der Waals surface area contributed by atoms with Crippen molar-refractivity contribution in [2.75, 3.05) is 0 Å². The number of hydrogen-bond acceptors (Lipinski definition) is 9. The number of aliphatic hydroxyl groups is 1. The number of carbonyl (C=O) groups excluding carboxylic acids is 3. The third-order valence-corrected chi connectivity index (χ3v) is 1.25. The molecule has 0 aliphatic carbocycles. The van der Waals surface area contributed by atoms with E-state index in [2.05, 4.69) is 0 Å². The van der Waals surface area contributed by atoms with Gasteiger partial charge in [-0.2, -0.15) is 0 Å². The van der Waals surface area contributed by atoms with Crippen molar-refractivity contribution in [2.45, 2.75) is 18.4 Å². The molecule has 0 unspecified atom stereocenters. The van der Waals surface area contributed by atoms with Crippen LogP contribution in [-0.2, 0) is 69.5 Å². The molecule has 0 radical (unpaired) electrons. The Hall–Kier alpha value is 0.0262. The predicted octanol–water partition coefficient (Wildman–Crippen LogP) is -8.49. The van der Waals surface area contributed by atoms with Crippen molar-refractivity contribution in [2.24, 2.45) is 0 Å². The molecule has 0 fully saturated rings. The summed E-state index contributed by atoms with van der Waals surface area (Å²) in [4.78, 5) is 30.0. The Labute approximate surface area is 138 Å².